The van der Waals surface area contributed by atoms with Crippen molar-refractivity contribution in [3.8, 4) is 0 Å². The van der Waals surface area contributed by atoms with Gasteiger partial charge in [0.1, 0.15) is 0 Å². The molecule has 3 heterocycles. The summed E-state index contributed by atoms with van der Waals surface area (Å²) in [4.78, 5) is 39.5. The zero-order valence-corrected chi connectivity index (χ0v) is 25.4. The van der Waals surface area contributed by atoms with Crippen LogP contribution >= 0.6 is 0 Å². The van der Waals surface area contributed by atoms with Gasteiger partial charge in [0.25, 0.3) is 5.91 Å². The Hall–Kier alpha value is -3.05. The van der Waals surface area contributed by atoms with Crippen LogP contribution in [0, 0.1) is 31.6 Å². The maximum Gasteiger partial charge on any atom is 0.257 e. The van der Waals surface area contributed by atoms with Crippen molar-refractivity contribution in [2.75, 3.05) is 50.3 Å². The van der Waals surface area contributed by atoms with Crippen molar-refractivity contribution in [3.05, 3.63) is 52.8 Å². The summed E-state index contributed by atoms with van der Waals surface area (Å²) >= 11 is 0. The standard InChI is InChI=1S/C30H42N6O4S/c1-20-27(21(2)32-30(31-20)34(3)41(4,39)40)29(38)36-18-24-16-35(17-25(24)19-36)15-14-26(22-10-6-5-7-11-22)33-28(37)23-12-8-9-13-23/h5-7,10-11,23-26H,8-9,12-19H2,1-4H3,(H,33,37)/t24-,25?,26?/m0/s1. The second-order valence-corrected chi connectivity index (χ2v) is 14.0. The van der Waals surface area contributed by atoms with E-state index in [4.69, 9.17) is 0 Å². The fourth-order valence-electron chi connectivity index (χ4n) is 6.69. The number of hydrogen-bond donors (Lipinski definition) is 1. The fraction of sp³-hybridized carbons (Fsp3) is 0.600. The summed E-state index contributed by atoms with van der Waals surface area (Å²) in [6.45, 7) is 7.59. The predicted octanol–water partition coefficient (Wildman–Crippen LogP) is 2.93. The Morgan fingerprint density at radius 1 is 1.00 bits per heavy atom. The summed E-state index contributed by atoms with van der Waals surface area (Å²) in [5.41, 5.74) is 2.57. The van der Waals surface area contributed by atoms with Gasteiger partial charge in [0.15, 0.2) is 0 Å². The third-order valence-corrected chi connectivity index (χ3v) is 10.2. The number of hydrogen-bond acceptors (Lipinski definition) is 7. The van der Waals surface area contributed by atoms with Crippen LogP contribution in [0.5, 0.6) is 0 Å². The summed E-state index contributed by atoms with van der Waals surface area (Å²) < 4.78 is 24.9. The number of aryl methyl sites for hydroxylation is 2. The van der Waals surface area contributed by atoms with Gasteiger partial charge in [0.2, 0.25) is 21.9 Å². The molecule has 1 saturated carbocycles. The molecule has 3 aliphatic rings. The first-order valence-electron chi connectivity index (χ1n) is 14.7. The smallest absolute Gasteiger partial charge is 0.257 e. The van der Waals surface area contributed by atoms with Crippen LogP contribution in [-0.4, -0.2) is 86.0 Å². The highest BCUT2D eigenvalue weighted by molar-refractivity contribution is 7.92. The highest BCUT2D eigenvalue weighted by Crippen LogP contribution is 2.33. The van der Waals surface area contributed by atoms with Gasteiger partial charge in [-0.2, -0.15) is 0 Å². The summed E-state index contributed by atoms with van der Waals surface area (Å²) in [7, 11) is -2.10. The number of nitrogens with zero attached hydrogens (tertiary/aromatic N) is 5. The van der Waals surface area contributed by atoms with E-state index < -0.39 is 10.0 Å². The van der Waals surface area contributed by atoms with Crippen LogP contribution in [-0.2, 0) is 14.8 Å². The van der Waals surface area contributed by atoms with Gasteiger partial charge in [0.05, 0.1) is 29.2 Å². The SMILES string of the molecule is Cc1nc(N(C)S(C)(=O)=O)nc(C)c1C(=O)N1CC2CN(CCC(NC(=O)C3CCCC3)c3ccccc3)C[C@H]2C1. The van der Waals surface area contributed by atoms with Gasteiger partial charge in [-0.25, -0.2) is 22.7 Å². The molecule has 41 heavy (non-hydrogen) atoms. The average molecular weight is 583 g/mol. The average Bonchev–Trinajstić information content (AvgIpc) is 3.67. The van der Waals surface area contributed by atoms with Crippen LogP contribution in [0.1, 0.15) is 65.5 Å². The first-order valence-corrected chi connectivity index (χ1v) is 16.5. The van der Waals surface area contributed by atoms with Gasteiger partial charge in [-0.3, -0.25) is 9.59 Å². The van der Waals surface area contributed by atoms with E-state index in [1.165, 1.54) is 7.05 Å². The molecule has 1 aromatic carbocycles. The minimum atomic E-state index is -3.50. The Kier molecular flexibility index (Phi) is 8.65. The van der Waals surface area contributed by atoms with Crippen molar-refractivity contribution in [1.29, 1.82) is 0 Å². The maximum absolute atomic E-state index is 13.5. The molecule has 1 aromatic heterocycles. The largest absolute Gasteiger partial charge is 0.349 e. The molecule has 11 heteroatoms. The molecule has 0 spiro atoms. The van der Waals surface area contributed by atoms with Gasteiger partial charge in [-0.15, -0.1) is 0 Å². The first-order chi connectivity index (χ1) is 19.5. The summed E-state index contributed by atoms with van der Waals surface area (Å²) in [6.07, 6.45) is 6.22. The number of sulfonamides is 1. The van der Waals surface area contributed by atoms with Gasteiger partial charge < -0.3 is 15.1 Å². The zero-order valence-electron chi connectivity index (χ0n) is 24.5. The van der Waals surface area contributed by atoms with E-state index in [1.807, 2.05) is 23.1 Å². The number of aromatic nitrogens is 2. The Morgan fingerprint density at radius 3 is 2.15 bits per heavy atom. The van der Waals surface area contributed by atoms with E-state index in [-0.39, 0.29) is 29.7 Å². The molecule has 1 N–H and O–H groups in total. The Balaban J connectivity index is 1.18. The van der Waals surface area contributed by atoms with Crippen LogP contribution in [0.4, 0.5) is 5.95 Å². The van der Waals surface area contributed by atoms with Crippen molar-refractivity contribution in [1.82, 2.24) is 25.1 Å². The maximum atomic E-state index is 13.5. The molecule has 2 amide bonds. The Bertz CT molecular complexity index is 1340. The van der Waals surface area contributed by atoms with E-state index in [0.717, 1.165) is 67.9 Å². The van der Waals surface area contributed by atoms with Crippen molar-refractivity contribution in [2.24, 2.45) is 17.8 Å². The van der Waals surface area contributed by atoms with Crippen LogP contribution in [0.15, 0.2) is 30.3 Å². The van der Waals surface area contributed by atoms with Gasteiger partial charge in [-0.1, -0.05) is 43.2 Å². The number of anilines is 1. The lowest BCUT2D eigenvalue weighted by molar-refractivity contribution is -0.125. The molecule has 0 radical (unpaired) electrons. The molecule has 5 rings (SSSR count). The molecule has 3 atom stereocenters. The van der Waals surface area contributed by atoms with Crippen molar-refractivity contribution in [2.45, 2.75) is 52.0 Å². The number of amides is 2. The fourth-order valence-corrected chi connectivity index (χ4v) is 7.07. The Labute approximate surface area is 243 Å². The molecule has 2 unspecified atom stereocenters. The second-order valence-electron chi connectivity index (χ2n) is 12.0. The molecule has 0 bridgehead atoms. The zero-order chi connectivity index (χ0) is 29.3. The lowest BCUT2D eigenvalue weighted by Gasteiger charge is -2.26. The number of carbonyl (C=O) groups is 2. The lowest BCUT2D eigenvalue weighted by Crippen LogP contribution is -2.37. The molecular formula is C30H42N6O4S. The molecular weight excluding hydrogens is 540 g/mol. The second kappa shape index (κ2) is 12.1. The molecule has 1 aliphatic carbocycles. The third-order valence-electron chi connectivity index (χ3n) is 9.08. The van der Waals surface area contributed by atoms with Crippen LogP contribution in [0.2, 0.25) is 0 Å². The van der Waals surface area contributed by atoms with Crippen molar-refractivity contribution >= 4 is 27.8 Å². The molecule has 2 aromatic rings. The lowest BCUT2D eigenvalue weighted by atomic mass is 10.0. The number of rotatable bonds is 9. The summed E-state index contributed by atoms with van der Waals surface area (Å²) in [5.74, 6) is 1.12. The van der Waals surface area contributed by atoms with Crippen molar-refractivity contribution < 1.29 is 18.0 Å². The van der Waals surface area contributed by atoms with Gasteiger partial charge >= 0.3 is 0 Å². The van der Waals surface area contributed by atoms with E-state index in [1.54, 1.807) is 13.8 Å². The minimum Gasteiger partial charge on any atom is -0.349 e. The van der Waals surface area contributed by atoms with E-state index in [0.29, 0.717) is 41.9 Å². The third kappa shape index (κ3) is 6.56. The number of benzene rings is 1. The van der Waals surface area contributed by atoms with Crippen LogP contribution in [0.3, 0.4) is 0 Å². The number of likely N-dealkylation sites (tertiary alicyclic amines) is 2. The highest BCUT2D eigenvalue weighted by Gasteiger charge is 2.42. The topological polar surface area (TPSA) is 116 Å². The number of carbonyl (C=O) groups excluding carboxylic acids is 2. The minimum absolute atomic E-state index is 0.00141. The number of nitrogens with one attached hydrogen (secondary N) is 1. The van der Waals surface area contributed by atoms with E-state index in [2.05, 4.69) is 32.3 Å². The van der Waals surface area contributed by atoms with Crippen LogP contribution < -0.4 is 9.62 Å². The molecule has 222 valence electrons. The van der Waals surface area contributed by atoms with E-state index >= 15 is 0 Å². The van der Waals surface area contributed by atoms with Crippen LogP contribution in [0.25, 0.3) is 0 Å². The highest BCUT2D eigenvalue weighted by atomic mass is 32.2. The predicted molar refractivity (Wildman–Crippen MR) is 158 cm³/mol. The van der Waals surface area contributed by atoms with Gasteiger partial charge in [0, 0.05) is 45.7 Å². The van der Waals surface area contributed by atoms with E-state index in [9.17, 15) is 18.0 Å². The van der Waals surface area contributed by atoms with Crippen molar-refractivity contribution in [3.63, 3.8) is 0 Å². The van der Waals surface area contributed by atoms with Gasteiger partial charge in [-0.05, 0) is 50.5 Å². The summed E-state index contributed by atoms with van der Waals surface area (Å²) in [5, 5.41) is 3.35. The Morgan fingerprint density at radius 2 is 1.59 bits per heavy atom. The molecule has 3 fully saturated rings. The monoisotopic (exact) mass is 582 g/mol. The summed E-state index contributed by atoms with van der Waals surface area (Å²) in [6, 6.07) is 10.3. The number of fused-ring (bicyclic) bond motifs is 1. The first kappa shape index (κ1) is 29.4. The quantitative estimate of drug-likeness (QED) is 0.483. The normalized spacial score (nSPS) is 22.1. The molecule has 2 aliphatic heterocycles. The molecule has 2 saturated heterocycles. The molecule has 10 nitrogen and oxygen atoms in total.